The van der Waals surface area contributed by atoms with E-state index < -0.39 is 0 Å². The fourth-order valence-electron chi connectivity index (χ4n) is 5.06. The van der Waals surface area contributed by atoms with Crippen LogP contribution in [0.1, 0.15) is 42.2 Å². The van der Waals surface area contributed by atoms with Crippen LogP contribution in [-0.4, -0.2) is 64.4 Å². The minimum absolute atomic E-state index is 0.00827. The Morgan fingerprint density at radius 1 is 1.20 bits per heavy atom. The van der Waals surface area contributed by atoms with Crippen LogP contribution in [0.2, 0.25) is 12.6 Å². The first-order chi connectivity index (χ1) is 17.0. The molecule has 5 rings (SSSR count). The van der Waals surface area contributed by atoms with Crippen molar-refractivity contribution in [3.8, 4) is 6.26 Å². The van der Waals surface area contributed by atoms with Gasteiger partial charge in [0.05, 0.1) is 11.9 Å². The highest BCUT2D eigenvalue weighted by Crippen LogP contribution is 2.35. The summed E-state index contributed by atoms with van der Waals surface area (Å²) < 4.78 is 7.17. The second-order valence-corrected chi connectivity index (χ2v) is 9.43. The quantitative estimate of drug-likeness (QED) is 0.427. The Labute approximate surface area is 205 Å². The molecule has 0 aromatic carbocycles. The molecule has 3 aromatic heterocycles. The Bertz CT molecular complexity index is 1240. The number of nitrogens with one attached hydrogen (secondary N) is 1. The van der Waals surface area contributed by atoms with Crippen LogP contribution in [0.3, 0.4) is 0 Å². The molecule has 0 radical (unpaired) electrons. The number of nitriles is 1. The van der Waals surface area contributed by atoms with Crippen LogP contribution in [0.25, 0.3) is 11.0 Å². The molecule has 3 aromatic rings. The molecule has 0 unspecified atom stereocenters. The van der Waals surface area contributed by atoms with Gasteiger partial charge in [-0.05, 0) is 43.7 Å². The Morgan fingerprint density at radius 3 is 2.63 bits per heavy atom. The molecule has 35 heavy (non-hydrogen) atoms. The topological polar surface area (TPSA) is 112 Å². The van der Waals surface area contributed by atoms with Crippen molar-refractivity contribution >= 4 is 41.3 Å². The fraction of sp³-hybridized carbons (Fsp3) is 0.458. The van der Waals surface area contributed by atoms with Crippen molar-refractivity contribution in [2.75, 3.05) is 37.4 Å². The van der Waals surface area contributed by atoms with Gasteiger partial charge in [-0.25, -0.2) is 9.97 Å². The van der Waals surface area contributed by atoms with Gasteiger partial charge in [0.25, 0.3) is 12.2 Å². The zero-order chi connectivity index (χ0) is 24.4. The lowest BCUT2D eigenvalue weighted by Crippen LogP contribution is -2.38. The molecule has 4 heterocycles. The molecule has 11 heteroatoms. The number of carbonyl (C=O) groups is 1. The number of aromatic nitrogens is 4. The molecule has 1 N–H and O–H groups in total. The third kappa shape index (κ3) is 4.74. The first kappa shape index (κ1) is 23.0. The molecule has 0 atom stereocenters. The summed E-state index contributed by atoms with van der Waals surface area (Å²) in [6.07, 6.45) is 11.5. The summed E-state index contributed by atoms with van der Waals surface area (Å²) in [5.41, 5.74) is 2.47. The zero-order valence-electron chi connectivity index (χ0n) is 20.1. The van der Waals surface area contributed by atoms with Crippen molar-refractivity contribution in [3.05, 3.63) is 36.3 Å². The van der Waals surface area contributed by atoms with Gasteiger partial charge < -0.3 is 24.3 Å². The van der Waals surface area contributed by atoms with Crippen molar-refractivity contribution < 1.29 is 9.45 Å². The van der Waals surface area contributed by atoms with Crippen LogP contribution >= 0.6 is 0 Å². The summed E-state index contributed by atoms with van der Waals surface area (Å²) >= 11 is 0. The van der Waals surface area contributed by atoms with Gasteiger partial charge in [-0.1, -0.05) is 12.8 Å². The lowest BCUT2D eigenvalue weighted by atomic mass is 9.59. The minimum atomic E-state index is -0.0233. The van der Waals surface area contributed by atoms with Crippen molar-refractivity contribution in [2.24, 2.45) is 0 Å². The molecule has 1 aliphatic heterocycles. The molecule has 2 fully saturated rings. The molecule has 1 amide bonds. The van der Waals surface area contributed by atoms with Gasteiger partial charge in [0.2, 0.25) is 5.95 Å². The summed E-state index contributed by atoms with van der Waals surface area (Å²) in [5.74, 6) is 1.08. The molecular formula is C24H29BN8O2. The van der Waals surface area contributed by atoms with E-state index in [1.54, 1.807) is 31.4 Å². The van der Waals surface area contributed by atoms with Crippen LogP contribution in [-0.2, 0) is 4.65 Å². The number of fused-ring (bicyclic) bond motifs is 1. The largest absolute Gasteiger partial charge is 0.497 e. The zero-order valence-corrected chi connectivity index (χ0v) is 20.1. The van der Waals surface area contributed by atoms with Gasteiger partial charge >= 0.3 is 6.92 Å². The van der Waals surface area contributed by atoms with E-state index in [1.165, 1.54) is 0 Å². The number of hydrogen-bond acceptors (Lipinski definition) is 8. The average Bonchev–Trinajstić information content (AvgIpc) is 3.52. The number of amides is 1. The molecule has 1 saturated heterocycles. The first-order valence-electron chi connectivity index (χ1n) is 12.2. The van der Waals surface area contributed by atoms with E-state index in [4.69, 9.17) is 14.9 Å². The highest BCUT2D eigenvalue weighted by Gasteiger charge is 2.27. The van der Waals surface area contributed by atoms with Gasteiger partial charge in [-0.2, -0.15) is 10.2 Å². The van der Waals surface area contributed by atoms with Gasteiger partial charge in [-0.15, -0.1) is 0 Å². The Morgan fingerprint density at radius 2 is 1.97 bits per heavy atom. The van der Waals surface area contributed by atoms with E-state index in [0.717, 1.165) is 68.1 Å². The number of nitrogens with zero attached hydrogens (tertiary/aromatic N) is 7. The predicted molar refractivity (Wildman–Crippen MR) is 135 cm³/mol. The van der Waals surface area contributed by atoms with Gasteiger partial charge in [0, 0.05) is 44.8 Å². The Balaban J connectivity index is 1.35. The van der Waals surface area contributed by atoms with Gasteiger partial charge in [0.15, 0.2) is 0 Å². The molecule has 0 spiro atoms. The highest BCUT2D eigenvalue weighted by molar-refractivity contribution is 6.52. The monoisotopic (exact) mass is 472 g/mol. The SMILES string of the molecule is CN(C)C(=O)c1cc2cnc(Nc3ccc(N4CCB(OC#N)CC4)cn3)nc2n1C1CCCC1. The van der Waals surface area contributed by atoms with Crippen LogP contribution < -0.4 is 10.2 Å². The minimum Gasteiger partial charge on any atom is -0.497 e. The van der Waals surface area contributed by atoms with E-state index in [-0.39, 0.29) is 18.9 Å². The standard InChI is InChI=1S/C24H29BN8O2/c1-31(2)23(34)20-13-17-14-28-24(30-22(17)33(20)18-5-3-4-6-18)29-21-8-7-19(15-27-21)32-11-9-25(10-12-32)35-16-26/h7-8,13-15,18H,3-6,9-12H2,1-2H3,(H,27,28,29,30). The second-order valence-electron chi connectivity index (χ2n) is 9.43. The molecule has 1 aliphatic carbocycles. The maximum Gasteiger partial charge on any atom is 0.376 e. The van der Waals surface area contributed by atoms with Crippen LogP contribution in [0.15, 0.2) is 30.6 Å². The molecule has 10 nitrogen and oxygen atoms in total. The maximum absolute atomic E-state index is 12.9. The third-order valence-electron chi connectivity index (χ3n) is 6.91. The average molecular weight is 472 g/mol. The maximum atomic E-state index is 12.9. The van der Waals surface area contributed by atoms with Crippen molar-refractivity contribution in [1.29, 1.82) is 5.26 Å². The number of anilines is 3. The molecular weight excluding hydrogens is 443 g/mol. The third-order valence-corrected chi connectivity index (χ3v) is 6.91. The summed E-state index contributed by atoms with van der Waals surface area (Å²) in [6.45, 7) is 1.66. The summed E-state index contributed by atoms with van der Waals surface area (Å²) in [6, 6.07) is 6.11. The van der Waals surface area contributed by atoms with Crippen molar-refractivity contribution in [3.63, 3.8) is 0 Å². The summed E-state index contributed by atoms with van der Waals surface area (Å²) in [4.78, 5) is 30.6. The van der Waals surface area contributed by atoms with Crippen molar-refractivity contribution in [1.82, 2.24) is 24.4 Å². The van der Waals surface area contributed by atoms with Gasteiger partial charge in [0.1, 0.15) is 17.2 Å². The normalized spacial score (nSPS) is 16.4. The van der Waals surface area contributed by atoms with Crippen LogP contribution in [0.5, 0.6) is 0 Å². The number of rotatable bonds is 6. The fourth-order valence-corrected chi connectivity index (χ4v) is 5.06. The lowest BCUT2D eigenvalue weighted by molar-refractivity contribution is 0.0815. The van der Waals surface area contributed by atoms with Gasteiger partial charge in [-0.3, -0.25) is 4.79 Å². The number of carbonyl (C=O) groups excluding carboxylic acids is 1. The van der Waals surface area contributed by atoms with E-state index in [9.17, 15) is 4.79 Å². The smallest absolute Gasteiger partial charge is 0.376 e. The molecule has 180 valence electrons. The van der Waals surface area contributed by atoms with E-state index >= 15 is 0 Å². The van der Waals surface area contributed by atoms with Crippen LogP contribution in [0, 0.1) is 11.5 Å². The van der Waals surface area contributed by atoms with E-state index in [0.29, 0.717) is 17.5 Å². The summed E-state index contributed by atoms with van der Waals surface area (Å²) in [7, 11) is 3.55. The number of pyridine rings is 1. The Kier molecular flexibility index (Phi) is 6.44. The second kappa shape index (κ2) is 9.82. The number of hydrogen-bond donors (Lipinski definition) is 1. The van der Waals surface area contributed by atoms with Crippen LogP contribution in [0.4, 0.5) is 17.5 Å². The Hall–Kier alpha value is -3.81. The van der Waals surface area contributed by atoms with E-state index in [1.807, 2.05) is 24.4 Å². The lowest BCUT2D eigenvalue weighted by Gasteiger charge is -2.30. The highest BCUT2D eigenvalue weighted by atomic mass is 16.4. The van der Waals surface area contributed by atoms with Crippen molar-refractivity contribution in [2.45, 2.75) is 44.4 Å². The summed E-state index contributed by atoms with van der Waals surface area (Å²) in [5, 5.41) is 12.8. The predicted octanol–water partition coefficient (Wildman–Crippen LogP) is 3.70. The molecule has 1 saturated carbocycles. The van der Waals surface area contributed by atoms with E-state index in [2.05, 4.69) is 24.8 Å². The molecule has 0 bridgehead atoms. The first-order valence-corrected chi connectivity index (χ1v) is 12.2. The molecule has 2 aliphatic rings.